The summed E-state index contributed by atoms with van der Waals surface area (Å²) in [6.45, 7) is 14.4. The lowest BCUT2D eigenvalue weighted by atomic mass is 9.66. The number of aryl methyl sites for hydroxylation is 2. The summed E-state index contributed by atoms with van der Waals surface area (Å²) in [5.74, 6) is -1.90. The zero-order valence-electron chi connectivity index (χ0n) is 23.5. The number of likely N-dealkylation sites (tertiary alicyclic amines) is 1. The fourth-order valence-corrected chi connectivity index (χ4v) is 9.13. The Bertz CT molecular complexity index is 1140. The molecule has 7 nitrogen and oxygen atoms in total. The van der Waals surface area contributed by atoms with Crippen LogP contribution in [0.5, 0.6) is 0 Å². The summed E-state index contributed by atoms with van der Waals surface area (Å²) in [5.41, 5.74) is 2.80. The molecular weight excluding hydrogens is 512 g/mol. The number of benzene rings is 1. The predicted octanol–water partition coefficient (Wildman–Crippen LogP) is 4.59. The molecule has 3 heterocycles. The van der Waals surface area contributed by atoms with E-state index >= 15 is 0 Å². The number of aliphatic hydroxyl groups is 1. The molecule has 0 aliphatic carbocycles. The first-order valence-electron chi connectivity index (χ1n) is 14.0. The van der Waals surface area contributed by atoms with Gasteiger partial charge in [0.25, 0.3) is 5.91 Å². The minimum Gasteiger partial charge on any atom is -0.465 e. The van der Waals surface area contributed by atoms with Gasteiger partial charge in [0, 0.05) is 30.1 Å². The Morgan fingerprint density at radius 2 is 1.97 bits per heavy atom. The van der Waals surface area contributed by atoms with E-state index in [1.54, 1.807) is 27.6 Å². The maximum absolute atomic E-state index is 14.6. The van der Waals surface area contributed by atoms with E-state index in [4.69, 9.17) is 4.74 Å². The third-order valence-electron chi connectivity index (χ3n) is 8.60. The molecule has 2 bridgehead atoms. The zero-order chi connectivity index (χ0) is 28.4. The van der Waals surface area contributed by atoms with Crippen molar-refractivity contribution in [3.8, 4) is 0 Å². The van der Waals surface area contributed by atoms with E-state index in [9.17, 15) is 19.5 Å². The van der Waals surface area contributed by atoms with Gasteiger partial charge in [0.1, 0.15) is 6.04 Å². The van der Waals surface area contributed by atoms with Gasteiger partial charge in [0.15, 0.2) is 0 Å². The van der Waals surface area contributed by atoms with Gasteiger partial charge >= 0.3 is 5.97 Å². The molecule has 4 rings (SSSR count). The number of aliphatic hydroxyl groups excluding tert-OH is 1. The SMILES string of the molecule is C=CCCCCOC(=O)[C@@H]1[C@H]2C(=O)N(CCCO)C(C(=O)N(CC=C)c3cc(C)ccc3C)C23CC[C@@]1(C)S3. The predicted molar refractivity (Wildman–Crippen MR) is 156 cm³/mol. The molecule has 0 radical (unpaired) electrons. The lowest BCUT2D eigenvalue weighted by Gasteiger charge is -2.37. The molecule has 1 spiro atoms. The monoisotopic (exact) mass is 554 g/mol. The minimum absolute atomic E-state index is 0.0866. The van der Waals surface area contributed by atoms with E-state index in [2.05, 4.69) is 13.2 Å². The normalized spacial score (nSPS) is 28.9. The van der Waals surface area contributed by atoms with Gasteiger partial charge in [-0.25, -0.2) is 0 Å². The maximum Gasteiger partial charge on any atom is 0.311 e. The van der Waals surface area contributed by atoms with E-state index in [0.29, 0.717) is 26.0 Å². The number of esters is 1. The van der Waals surface area contributed by atoms with Crippen molar-refractivity contribution in [1.82, 2.24) is 4.90 Å². The molecule has 2 unspecified atom stereocenters. The van der Waals surface area contributed by atoms with Crippen LogP contribution >= 0.6 is 11.8 Å². The number of fused-ring (bicyclic) bond motifs is 1. The number of unbranched alkanes of at least 4 members (excludes halogenated alkanes) is 2. The Kier molecular flexibility index (Phi) is 8.96. The number of hydrogen-bond donors (Lipinski definition) is 1. The average Bonchev–Trinajstić information content (AvgIpc) is 3.47. The van der Waals surface area contributed by atoms with E-state index in [1.807, 2.05) is 45.0 Å². The summed E-state index contributed by atoms with van der Waals surface area (Å²) in [6.07, 6.45) is 7.83. The summed E-state index contributed by atoms with van der Waals surface area (Å²) < 4.78 is 4.54. The fourth-order valence-electron chi connectivity index (χ4n) is 6.79. The molecule has 8 heteroatoms. The largest absolute Gasteiger partial charge is 0.465 e. The molecule has 1 aromatic rings. The molecule has 3 saturated heterocycles. The van der Waals surface area contributed by atoms with Gasteiger partial charge in [-0.2, -0.15) is 0 Å². The number of rotatable bonds is 13. The highest BCUT2D eigenvalue weighted by Crippen LogP contribution is 2.71. The number of anilines is 1. The summed E-state index contributed by atoms with van der Waals surface area (Å²) in [6, 6.07) is 5.27. The van der Waals surface area contributed by atoms with Crippen molar-refractivity contribution >= 4 is 35.2 Å². The molecule has 3 aliphatic rings. The lowest BCUT2D eigenvalue weighted by Crippen LogP contribution is -2.55. The minimum atomic E-state index is -0.737. The summed E-state index contributed by atoms with van der Waals surface area (Å²) in [5, 5.41) is 9.62. The van der Waals surface area contributed by atoms with Crippen molar-refractivity contribution in [2.45, 2.75) is 74.8 Å². The smallest absolute Gasteiger partial charge is 0.311 e. The molecule has 2 amide bonds. The van der Waals surface area contributed by atoms with Crippen molar-refractivity contribution < 1.29 is 24.2 Å². The number of nitrogens with zero attached hydrogens (tertiary/aromatic N) is 2. The highest BCUT2D eigenvalue weighted by Gasteiger charge is 2.77. The quantitative estimate of drug-likeness (QED) is 0.218. The van der Waals surface area contributed by atoms with Crippen molar-refractivity contribution in [2.24, 2.45) is 11.8 Å². The second-order valence-corrected chi connectivity index (χ2v) is 13.2. The van der Waals surface area contributed by atoms with Crippen LogP contribution in [0.3, 0.4) is 0 Å². The number of thioether (sulfide) groups is 1. The van der Waals surface area contributed by atoms with Crippen LogP contribution in [0.4, 0.5) is 5.69 Å². The van der Waals surface area contributed by atoms with Crippen LogP contribution < -0.4 is 4.90 Å². The van der Waals surface area contributed by atoms with Gasteiger partial charge < -0.3 is 19.6 Å². The van der Waals surface area contributed by atoms with Crippen molar-refractivity contribution in [3.63, 3.8) is 0 Å². The van der Waals surface area contributed by atoms with Crippen LogP contribution in [0.2, 0.25) is 0 Å². The van der Waals surface area contributed by atoms with Gasteiger partial charge in [-0.1, -0.05) is 24.3 Å². The first-order chi connectivity index (χ1) is 18.6. The third-order valence-corrected chi connectivity index (χ3v) is 10.6. The number of allylic oxidation sites excluding steroid dienone is 1. The maximum atomic E-state index is 14.6. The number of hydrogen-bond acceptors (Lipinski definition) is 6. The molecule has 39 heavy (non-hydrogen) atoms. The van der Waals surface area contributed by atoms with Gasteiger partial charge in [-0.15, -0.1) is 24.9 Å². The number of amides is 2. The average molecular weight is 555 g/mol. The summed E-state index contributed by atoms with van der Waals surface area (Å²) in [7, 11) is 0. The van der Waals surface area contributed by atoms with Crippen LogP contribution in [0.1, 0.15) is 56.6 Å². The molecule has 0 saturated carbocycles. The van der Waals surface area contributed by atoms with Crippen molar-refractivity contribution in [2.75, 3.05) is 31.2 Å². The van der Waals surface area contributed by atoms with Gasteiger partial charge in [-0.3, -0.25) is 14.4 Å². The Morgan fingerprint density at radius 3 is 2.67 bits per heavy atom. The standard InChI is InChI=1S/C31H42N2O5S/c1-6-8-9-10-19-38-29(37)25-24-27(35)33(17-11-18-34)26(31(24)15-14-30(25,5)39-31)28(36)32(16-7-2)23-20-21(3)12-13-22(23)4/h6-7,12-13,20,24-26,34H,1-2,8-11,14-19H2,3-5H3/t24-,25-,26?,30+,31?/m0/s1. The second kappa shape index (κ2) is 11.9. The number of carbonyl (C=O) groups is 3. The Balaban J connectivity index is 1.71. The van der Waals surface area contributed by atoms with E-state index in [1.165, 1.54) is 0 Å². The topological polar surface area (TPSA) is 87.1 Å². The van der Waals surface area contributed by atoms with Crippen LogP contribution in [-0.2, 0) is 19.1 Å². The van der Waals surface area contributed by atoms with Crippen LogP contribution in [-0.4, -0.2) is 69.6 Å². The van der Waals surface area contributed by atoms with Crippen LogP contribution in [0.15, 0.2) is 43.5 Å². The molecule has 1 N–H and O–H groups in total. The van der Waals surface area contributed by atoms with E-state index in [-0.39, 0.29) is 30.9 Å². The zero-order valence-corrected chi connectivity index (χ0v) is 24.3. The fraction of sp³-hybridized carbons (Fsp3) is 0.581. The van der Waals surface area contributed by atoms with Gasteiger partial charge in [0.05, 0.1) is 23.2 Å². The molecule has 3 aliphatic heterocycles. The molecule has 3 fully saturated rings. The first kappa shape index (κ1) is 29.4. The number of carbonyl (C=O) groups excluding carboxylic acids is 3. The second-order valence-electron chi connectivity index (χ2n) is 11.3. The van der Waals surface area contributed by atoms with Gasteiger partial charge in [-0.05, 0) is 76.5 Å². The Labute approximate surface area is 236 Å². The molecule has 5 atom stereocenters. The third kappa shape index (κ3) is 5.18. The van der Waals surface area contributed by atoms with Crippen LogP contribution in [0.25, 0.3) is 0 Å². The molecular formula is C31H42N2O5S. The molecule has 212 valence electrons. The molecule has 1 aromatic carbocycles. The Morgan fingerprint density at radius 1 is 1.21 bits per heavy atom. The van der Waals surface area contributed by atoms with E-state index in [0.717, 1.165) is 42.5 Å². The van der Waals surface area contributed by atoms with E-state index < -0.39 is 27.4 Å². The summed E-state index contributed by atoms with van der Waals surface area (Å²) >= 11 is 1.64. The lowest BCUT2D eigenvalue weighted by molar-refractivity contribution is -0.155. The first-order valence-corrected chi connectivity index (χ1v) is 14.9. The van der Waals surface area contributed by atoms with Crippen LogP contribution in [0, 0.1) is 25.7 Å². The Hall–Kier alpha value is -2.58. The summed E-state index contributed by atoms with van der Waals surface area (Å²) in [4.78, 5) is 45.6. The van der Waals surface area contributed by atoms with Crippen molar-refractivity contribution in [3.05, 3.63) is 54.6 Å². The highest BCUT2D eigenvalue weighted by atomic mass is 32.2. The van der Waals surface area contributed by atoms with Gasteiger partial charge in [0.2, 0.25) is 5.91 Å². The number of ether oxygens (including phenoxy) is 1. The highest BCUT2D eigenvalue weighted by molar-refractivity contribution is 8.02. The molecule has 0 aromatic heterocycles. The van der Waals surface area contributed by atoms with Crippen molar-refractivity contribution in [1.29, 1.82) is 0 Å².